The van der Waals surface area contributed by atoms with Gasteiger partial charge in [0.25, 0.3) is 5.56 Å². The molecular formula is C31H30N4O4S. The number of nitrogens with zero attached hydrogens (tertiary/aromatic N) is 4. The van der Waals surface area contributed by atoms with Crippen molar-refractivity contribution >= 4 is 34.3 Å². The van der Waals surface area contributed by atoms with Crippen molar-refractivity contribution in [2.75, 3.05) is 6.61 Å². The van der Waals surface area contributed by atoms with Gasteiger partial charge >= 0.3 is 5.97 Å². The Morgan fingerprint density at radius 2 is 1.90 bits per heavy atom. The number of thiazole rings is 1. The number of para-hydroxylation sites is 2. The number of carbonyl (C=O) groups is 1. The second-order valence-electron chi connectivity index (χ2n) is 9.77. The molecule has 0 radical (unpaired) electrons. The van der Waals surface area contributed by atoms with Crippen molar-refractivity contribution in [3.05, 3.63) is 96.3 Å². The summed E-state index contributed by atoms with van der Waals surface area (Å²) in [6.45, 7) is 9.73. The fourth-order valence-electron chi connectivity index (χ4n) is 5.20. The highest BCUT2D eigenvalue weighted by Gasteiger charge is 2.35. The maximum atomic E-state index is 14.2. The number of hydrogen-bond donors (Lipinski definition) is 0. The Balaban J connectivity index is 1.79. The summed E-state index contributed by atoms with van der Waals surface area (Å²) in [5.74, 6) is 0.0711. The number of fused-ring (bicyclic) bond motifs is 2. The summed E-state index contributed by atoms with van der Waals surface area (Å²) >= 11 is 1.27. The Labute approximate surface area is 235 Å². The molecule has 0 aliphatic carbocycles. The van der Waals surface area contributed by atoms with Gasteiger partial charge in [-0.1, -0.05) is 47.7 Å². The van der Waals surface area contributed by atoms with Crippen molar-refractivity contribution < 1.29 is 14.3 Å². The van der Waals surface area contributed by atoms with Crippen molar-refractivity contribution in [3.63, 3.8) is 0 Å². The highest BCUT2D eigenvalue weighted by molar-refractivity contribution is 7.07. The molecular weight excluding hydrogens is 524 g/mol. The molecule has 2 aromatic carbocycles. The normalized spacial score (nSPS) is 15.2. The molecule has 1 atom stereocenters. The lowest BCUT2D eigenvalue weighted by Crippen LogP contribution is -2.40. The van der Waals surface area contributed by atoms with Crippen LogP contribution in [0.5, 0.6) is 5.75 Å². The van der Waals surface area contributed by atoms with Crippen LogP contribution in [0, 0.1) is 18.3 Å². The number of hydrogen-bond acceptors (Lipinski definition) is 7. The lowest BCUT2D eigenvalue weighted by Gasteiger charge is -2.26. The summed E-state index contributed by atoms with van der Waals surface area (Å²) in [5, 5.41) is 10.4. The zero-order chi connectivity index (χ0) is 28.6. The van der Waals surface area contributed by atoms with Crippen LogP contribution in [-0.4, -0.2) is 27.8 Å². The Kier molecular flexibility index (Phi) is 7.46. The van der Waals surface area contributed by atoms with Crippen LogP contribution >= 0.6 is 11.3 Å². The molecule has 0 amide bonds. The number of allylic oxidation sites excluding steroid dienone is 1. The molecule has 1 aliphatic rings. The summed E-state index contributed by atoms with van der Waals surface area (Å²) in [6, 6.07) is 16.7. The molecule has 4 aromatic rings. The molecule has 0 saturated carbocycles. The number of carbonyl (C=O) groups excluding carboxylic acids is 1. The topological polar surface area (TPSA) is 98.6 Å². The Bertz CT molecular complexity index is 1880. The number of esters is 1. The summed E-state index contributed by atoms with van der Waals surface area (Å²) in [4.78, 5) is 32.6. The van der Waals surface area contributed by atoms with E-state index in [0.717, 1.165) is 22.2 Å². The van der Waals surface area contributed by atoms with Crippen LogP contribution < -0.4 is 19.6 Å². The molecule has 9 heteroatoms. The van der Waals surface area contributed by atoms with Gasteiger partial charge < -0.3 is 14.0 Å². The second-order valence-corrected chi connectivity index (χ2v) is 10.8. The summed E-state index contributed by atoms with van der Waals surface area (Å²) in [5.41, 5.74) is 3.92. The maximum Gasteiger partial charge on any atom is 0.338 e. The quantitative estimate of drug-likeness (QED) is 0.316. The average Bonchev–Trinajstić information content (AvgIpc) is 3.37. The lowest BCUT2D eigenvalue weighted by atomic mass is 9.95. The first-order valence-electron chi connectivity index (χ1n) is 13.2. The molecule has 3 heterocycles. The standard InChI is InChI=1S/C31H30N4O4S/c1-6-38-30(37)27-19(4)33-31-35(28(27)22-12-8-10-14-25(22)39-18(2)3)29(36)26(40-31)17-23-20(5)34(16-15-32)24-13-9-7-11-21(23)24/h7-14,17-18,28H,6,16H2,1-5H3/b26-17-/t28-/m0/s1. The highest BCUT2D eigenvalue weighted by Crippen LogP contribution is 2.36. The first-order valence-corrected chi connectivity index (χ1v) is 14.0. The van der Waals surface area contributed by atoms with Gasteiger partial charge in [-0.15, -0.1) is 0 Å². The third kappa shape index (κ3) is 4.65. The van der Waals surface area contributed by atoms with Gasteiger partial charge in [0, 0.05) is 27.7 Å². The van der Waals surface area contributed by atoms with E-state index in [1.807, 2.05) is 79.9 Å². The maximum absolute atomic E-state index is 14.2. The van der Waals surface area contributed by atoms with E-state index in [2.05, 4.69) is 6.07 Å². The summed E-state index contributed by atoms with van der Waals surface area (Å²) < 4.78 is 15.5. The lowest BCUT2D eigenvalue weighted by molar-refractivity contribution is -0.139. The van der Waals surface area contributed by atoms with Crippen LogP contribution in [0.3, 0.4) is 0 Å². The number of rotatable bonds is 7. The molecule has 0 N–H and O–H groups in total. The molecule has 1 aliphatic heterocycles. The minimum atomic E-state index is -0.770. The largest absolute Gasteiger partial charge is 0.491 e. The van der Waals surface area contributed by atoms with Crippen molar-refractivity contribution in [2.24, 2.45) is 4.99 Å². The molecule has 40 heavy (non-hydrogen) atoms. The SMILES string of the molecule is CCOC(=O)C1=C(C)N=c2s/c(=C\c3c(C)n(CC#N)c4ccccc34)c(=O)n2[C@H]1c1ccccc1OC(C)C. The van der Waals surface area contributed by atoms with Gasteiger partial charge in [0.2, 0.25) is 0 Å². The van der Waals surface area contributed by atoms with Gasteiger partial charge in [-0.2, -0.15) is 5.26 Å². The molecule has 0 spiro atoms. The molecule has 0 fully saturated rings. The van der Waals surface area contributed by atoms with Crippen molar-refractivity contribution in [1.82, 2.24) is 9.13 Å². The third-order valence-electron chi connectivity index (χ3n) is 6.88. The Hall–Kier alpha value is -4.42. The Morgan fingerprint density at radius 1 is 1.18 bits per heavy atom. The molecule has 0 saturated heterocycles. The van der Waals surface area contributed by atoms with E-state index in [-0.39, 0.29) is 24.8 Å². The van der Waals surface area contributed by atoms with Gasteiger partial charge in [-0.3, -0.25) is 9.36 Å². The molecule has 8 nitrogen and oxygen atoms in total. The van der Waals surface area contributed by atoms with E-state index in [0.29, 0.717) is 31.9 Å². The summed E-state index contributed by atoms with van der Waals surface area (Å²) in [6.07, 6.45) is 1.76. The van der Waals surface area contributed by atoms with Gasteiger partial charge in [-0.05, 0) is 52.8 Å². The Morgan fingerprint density at radius 3 is 2.62 bits per heavy atom. The minimum absolute atomic E-state index is 0.109. The van der Waals surface area contributed by atoms with Gasteiger partial charge in [0.15, 0.2) is 4.80 Å². The minimum Gasteiger partial charge on any atom is -0.491 e. The van der Waals surface area contributed by atoms with E-state index in [4.69, 9.17) is 14.5 Å². The van der Waals surface area contributed by atoms with E-state index >= 15 is 0 Å². The van der Waals surface area contributed by atoms with Crippen molar-refractivity contribution in [3.8, 4) is 11.8 Å². The van der Waals surface area contributed by atoms with E-state index in [1.165, 1.54) is 11.3 Å². The van der Waals surface area contributed by atoms with Gasteiger partial charge in [0.1, 0.15) is 18.3 Å². The number of nitriles is 1. The first-order chi connectivity index (χ1) is 19.3. The van der Waals surface area contributed by atoms with E-state index in [1.54, 1.807) is 18.4 Å². The molecule has 0 bridgehead atoms. The van der Waals surface area contributed by atoms with Crippen LogP contribution in [0.1, 0.15) is 50.6 Å². The molecule has 5 rings (SSSR count). The summed E-state index contributed by atoms with van der Waals surface area (Å²) in [7, 11) is 0. The predicted octanol–water partition coefficient (Wildman–Crippen LogP) is 4.37. The molecule has 0 unspecified atom stereocenters. The van der Waals surface area contributed by atoms with Crippen LogP contribution in [0.25, 0.3) is 17.0 Å². The number of benzene rings is 2. The molecule has 204 valence electrons. The van der Waals surface area contributed by atoms with E-state index < -0.39 is 12.0 Å². The highest BCUT2D eigenvalue weighted by atomic mass is 32.1. The van der Waals surface area contributed by atoms with Crippen LogP contribution in [-0.2, 0) is 16.1 Å². The zero-order valence-corrected chi connectivity index (χ0v) is 23.9. The van der Waals surface area contributed by atoms with Crippen LogP contribution in [0.2, 0.25) is 0 Å². The fraction of sp³-hybridized carbons (Fsp3) is 0.290. The van der Waals surface area contributed by atoms with Gasteiger partial charge in [-0.25, -0.2) is 9.79 Å². The van der Waals surface area contributed by atoms with Crippen LogP contribution in [0.4, 0.5) is 0 Å². The average molecular weight is 555 g/mol. The number of aromatic nitrogens is 2. The van der Waals surface area contributed by atoms with Crippen molar-refractivity contribution in [1.29, 1.82) is 5.26 Å². The smallest absolute Gasteiger partial charge is 0.338 e. The number of ether oxygens (including phenoxy) is 2. The second kappa shape index (κ2) is 11.0. The van der Waals surface area contributed by atoms with E-state index in [9.17, 15) is 14.9 Å². The first kappa shape index (κ1) is 27.2. The van der Waals surface area contributed by atoms with Crippen molar-refractivity contribution in [2.45, 2.75) is 53.3 Å². The third-order valence-corrected chi connectivity index (χ3v) is 7.86. The fourth-order valence-corrected chi connectivity index (χ4v) is 6.23. The predicted molar refractivity (Wildman–Crippen MR) is 155 cm³/mol. The van der Waals surface area contributed by atoms with Crippen LogP contribution in [0.15, 0.2) is 69.6 Å². The zero-order valence-electron chi connectivity index (χ0n) is 23.1. The monoisotopic (exact) mass is 554 g/mol. The molecule has 2 aromatic heterocycles. The van der Waals surface area contributed by atoms with Gasteiger partial charge in [0.05, 0.1) is 34.6 Å².